The molecule has 0 radical (unpaired) electrons. The van der Waals surface area contributed by atoms with Crippen molar-refractivity contribution in [2.24, 2.45) is 0 Å². The maximum absolute atomic E-state index is 12.0. The van der Waals surface area contributed by atoms with E-state index >= 15 is 0 Å². The minimum absolute atomic E-state index is 0.109. The molecule has 0 amide bonds. The maximum Gasteiger partial charge on any atom is 0.189 e. The van der Waals surface area contributed by atoms with E-state index in [2.05, 4.69) is 38.7 Å². The molecule has 1 aromatic heterocycles. The monoisotopic (exact) mass is 229 g/mol. The molecule has 1 heterocycles. The summed E-state index contributed by atoms with van der Waals surface area (Å²) in [4.78, 5) is 15.3. The van der Waals surface area contributed by atoms with Crippen molar-refractivity contribution in [3.63, 3.8) is 0 Å². The molecule has 0 aliphatic carbocycles. The summed E-state index contributed by atoms with van der Waals surface area (Å²) in [6.45, 7) is 8.49. The Hall–Kier alpha value is -1.57. The van der Waals surface area contributed by atoms with E-state index in [-0.39, 0.29) is 5.43 Å². The normalized spacial score (nSPS) is 11.6. The molecule has 0 saturated heterocycles. The second-order valence-electron chi connectivity index (χ2n) is 5.20. The van der Waals surface area contributed by atoms with Crippen LogP contribution in [0.3, 0.4) is 0 Å². The van der Waals surface area contributed by atoms with E-state index in [9.17, 15) is 4.79 Å². The number of fused-ring (bicyclic) bond motifs is 1. The van der Waals surface area contributed by atoms with Crippen LogP contribution in [0.25, 0.3) is 10.9 Å². The molecule has 0 saturated carbocycles. The first-order valence-corrected chi connectivity index (χ1v) is 6.16. The van der Waals surface area contributed by atoms with Crippen LogP contribution < -0.4 is 5.43 Å². The van der Waals surface area contributed by atoms with Gasteiger partial charge in [-0.2, -0.15) is 0 Å². The third-order valence-corrected chi connectivity index (χ3v) is 3.16. The maximum atomic E-state index is 12.0. The average molecular weight is 229 g/mol. The van der Waals surface area contributed by atoms with Crippen molar-refractivity contribution in [3.05, 3.63) is 45.7 Å². The van der Waals surface area contributed by atoms with Gasteiger partial charge in [0.25, 0.3) is 0 Å². The van der Waals surface area contributed by atoms with Gasteiger partial charge in [-0.05, 0) is 29.5 Å². The fraction of sp³-hybridized carbons (Fsp3) is 0.400. The zero-order valence-electron chi connectivity index (χ0n) is 10.9. The first-order chi connectivity index (χ1) is 7.99. The highest BCUT2D eigenvalue weighted by atomic mass is 16.1. The van der Waals surface area contributed by atoms with Crippen molar-refractivity contribution in [3.8, 4) is 0 Å². The lowest BCUT2D eigenvalue weighted by Gasteiger charge is -2.10. The third-order valence-electron chi connectivity index (χ3n) is 3.16. The molecule has 0 spiro atoms. The molecule has 0 atom stereocenters. The average Bonchev–Trinajstić information content (AvgIpc) is 2.27. The molecule has 1 N–H and O–H groups in total. The van der Waals surface area contributed by atoms with Crippen LogP contribution in [0.15, 0.2) is 29.1 Å². The highest BCUT2D eigenvalue weighted by Gasteiger charge is 2.07. The molecule has 0 aliphatic rings. The molecular weight excluding hydrogens is 210 g/mol. The van der Waals surface area contributed by atoms with Crippen LogP contribution in [0.5, 0.6) is 0 Å². The SMILES string of the molecule is CC(C)c1ccc2c(=O)cc(C(C)C)[nH]c2c1. The lowest BCUT2D eigenvalue weighted by atomic mass is 10.0. The van der Waals surface area contributed by atoms with Crippen LogP contribution in [0, 0.1) is 0 Å². The smallest absolute Gasteiger partial charge is 0.189 e. The Morgan fingerprint density at radius 3 is 2.29 bits per heavy atom. The summed E-state index contributed by atoms with van der Waals surface area (Å²) < 4.78 is 0. The van der Waals surface area contributed by atoms with Gasteiger partial charge < -0.3 is 4.98 Å². The Bertz CT molecular complexity index is 588. The Morgan fingerprint density at radius 2 is 1.71 bits per heavy atom. The molecule has 1 aromatic carbocycles. The Balaban J connectivity index is 2.71. The summed E-state index contributed by atoms with van der Waals surface area (Å²) in [6.07, 6.45) is 0. The van der Waals surface area contributed by atoms with E-state index < -0.39 is 0 Å². The summed E-state index contributed by atoms with van der Waals surface area (Å²) in [5.41, 5.74) is 3.32. The van der Waals surface area contributed by atoms with Crippen LogP contribution in [0.2, 0.25) is 0 Å². The van der Waals surface area contributed by atoms with Gasteiger partial charge in [0.2, 0.25) is 0 Å². The molecule has 90 valence electrons. The number of aromatic nitrogens is 1. The quantitative estimate of drug-likeness (QED) is 0.835. The number of H-pyrrole nitrogens is 1. The van der Waals surface area contributed by atoms with Gasteiger partial charge in [0.05, 0.1) is 0 Å². The van der Waals surface area contributed by atoms with Crippen LogP contribution >= 0.6 is 0 Å². The number of pyridine rings is 1. The zero-order valence-corrected chi connectivity index (χ0v) is 10.9. The predicted molar refractivity (Wildman–Crippen MR) is 72.7 cm³/mol. The fourth-order valence-electron chi connectivity index (χ4n) is 1.96. The highest BCUT2D eigenvalue weighted by molar-refractivity contribution is 5.79. The summed E-state index contributed by atoms with van der Waals surface area (Å²) >= 11 is 0. The summed E-state index contributed by atoms with van der Waals surface area (Å²) in [5.74, 6) is 0.820. The summed E-state index contributed by atoms with van der Waals surface area (Å²) in [6, 6.07) is 7.76. The van der Waals surface area contributed by atoms with Crippen molar-refractivity contribution in [2.75, 3.05) is 0 Å². The van der Waals surface area contributed by atoms with Gasteiger partial charge in [0.15, 0.2) is 5.43 Å². The first kappa shape index (κ1) is 11.9. The van der Waals surface area contributed by atoms with E-state index in [0.29, 0.717) is 11.8 Å². The topological polar surface area (TPSA) is 32.9 Å². The molecule has 17 heavy (non-hydrogen) atoms. The Morgan fingerprint density at radius 1 is 1.00 bits per heavy atom. The highest BCUT2D eigenvalue weighted by Crippen LogP contribution is 2.20. The first-order valence-electron chi connectivity index (χ1n) is 6.16. The third kappa shape index (κ3) is 2.26. The van der Waals surface area contributed by atoms with E-state index in [1.54, 1.807) is 6.07 Å². The van der Waals surface area contributed by atoms with E-state index in [1.165, 1.54) is 5.56 Å². The number of aromatic amines is 1. The predicted octanol–water partition coefficient (Wildman–Crippen LogP) is 3.77. The van der Waals surface area contributed by atoms with E-state index in [0.717, 1.165) is 16.6 Å². The molecule has 0 aliphatic heterocycles. The Labute approximate surface area is 102 Å². The summed E-state index contributed by atoms with van der Waals surface area (Å²) in [7, 11) is 0. The van der Waals surface area contributed by atoms with Crippen LogP contribution in [-0.4, -0.2) is 4.98 Å². The van der Waals surface area contributed by atoms with Gasteiger partial charge in [-0.3, -0.25) is 4.79 Å². The van der Waals surface area contributed by atoms with Crippen molar-refractivity contribution < 1.29 is 0 Å². The lowest BCUT2D eigenvalue weighted by Crippen LogP contribution is -2.06. The molecular formula is C15H19NO. The Kier molecular flexibility index (Phi) is 3.05. The number of benzene rings is 1. The molecule has 2 aromatic rings. The van der Waals surface area contributed by atoms with Crippen LogP contribution in [0.1, 0.15) is 50.8 Å². The minimum Gasteiger partial charge on any atom is -0.358 e. The molecule has 2 rings (SSSR count). The van der Waals surface area contributed by atoms with Crippen LogP contribution in [-0.2, 0) is 0 Å². The van der Waals surface area contributed by atoms with Crippen LogP contribution in [0.4, 0.5) is 0 Å². The van der Waals surface area contributed by atoms with Gasteiger partial charge in [-0.1, -0.05) is 33.8 Å². The van der Waals surface area contributed by atoms with Crippen molar-refractivity contribution >= 4 is 10.9 Å². The molecule has 0 bridgehead atoms. The van der Waals surface area contributed by atoms with Gasteiger partial charge in [0, 0.05) is 22.7 Å². The number of hydrogen-bond donors (Lipinski definition) is 1. The number of nitrogens with one attached hydrogen (secondary N) is 1. The molecule has 0 fully saturated rings. The molecule has 0 unspecified atom stereocenters. The minimum atomic E-state index is 0.109. The standard InChI is InChI=1S/C15H19NO/c1-9(2)11-5-6-12-14(7-11)16-13(10(3)4)8-15(12)17/h5-10H,1-4H3,(H,16,17). The van der Waals surface area contributed by atoms with Crippen molar-refractivity contribution in [1.29, 1.82) is 0 Å². The van der Waals surface area contributed by atoms with E-state index in [1.807, 2.05) is 12.1 Å². The fourth-order valence-corrected chi connectivity index (χ4v) is 1.96. The van der Waals surface area contributed by atoms with Gasteiger partial charge >= 0.3 is 0 Å². The van der Waals surface area contributed by atoms with Gasteiger partial charge in [0.1, 0.15) is 0 Å². The second kappa shape index (κ2) is 4.36. The van der Waals surface area contributed by atoms with Gasteiger partial charge in [-0.25, -0.2) is 0 Å². The van der Waals surface area contributed by atoms with Gasteiger partial charge in [-0.15, -0.1) is 0 Å². The summed E-state index contributed by atoms with van der Waals surface area (Å²) in [5, 5.41) is 0.777. The molecule has 2 nitrogen and oxygen atoms in total. The number of hydrogen-bond acceptors (Lipinski definition) is 1. The second-order valence-corrected chi connectivity index (χ2v) is 5.20. The lowest BCUT2D eigenvalue weighted by molar-refractivity contribution is 0.827. The zero-order chi connectivity index (χ0) is 12.6. The molecule has 2 heteroatoms. The van der Waals surface area contributed by atoms with Crippen molar-refractivity contribution in [1.82, 2.24) is 4.98 Å². The largest absolute Gasteiger partial charge is 0.358 e. The van der Waals surface area contributed by atoms with Crippen molar-refractivity contribution in [2.45, 2.75) is 39.5 Å². The number of rotatable bonds is 2. The van der Waals surface area contributed by atoms with E-state index in [4.69, 9.17) is 0 Å².